The molecule has 2 amide bonds. The van der Waals surface area contributed by atoms with Gasteiger partial charge >= 0.3 is 0 Å². The number of carbonyl (C=O) groups excluding carboxylic acids is 2. The highest BCUT2D eigenvalue weighted by atomic mass is 32.1. The zero-order chi connectivity index (χ0) is 18.4. The maximum absolute atomic E-state index is 12.1. The van der Waals surface area contributed by atoms with Crippen LogP contribution in [0.25, 0.3) is 10.1 Å². The van der Waals surface area contributed by atoms with Crippen molar-refractivity contribution in [2.24, 2.45) is 5.10 Å². The normalized spacial score (nSPS) is 10.8. The van der Waals surface area contributed by atoms with Gasteiger partial charge < -0.3 is 10.1 Å². The number of para-hydroxylation sites is 1. The number of hydrogen-bond acceptors (Lipinski definition) is 5. The number of benzene rings is 2. The van der Waals surface area contributed by atoms with Crippen molar-refractivity contribution in [1.29, 1.82) is 0 Å². The summed E-state index contributed by atoms with van der Waals surface area (Å²) in [5, 5.41) is 9.56. The Labute approximate surface area is 154 Å². The number of carbonyl (C=O) groups is 2. The van der Waals surface area contributed by atoms with Crippen LogP contribution >= 0.6 is 11.3 Å². The molecular formula is C19H17N3O3S. The number of thiophene rings is 1. The number of ether oxygens (including phenoxy) is 1. The van der Waals surface area contributed by atoms with E-state index in [1.54, 1.807) is 41.8 Å². The Hall–Kier alpha value is -3.19. The van der Waals surface area contributed by atoms with Crippen LogP contribution in [0.15, 0.2) is 59.0 Å². The second kappa shape index (κ2) is 8.26. The van der Waals surface area contributed by atoms with Crippen molar-refractivity contribution in [1.82, 2.24) is 10.7 Å². The van der Waals surface area contributed by atoms with Crippen molar-refractivity contribution >= 4 is 39.5 Å². The summed E-state index contributed by atoms with van der Waals surface area (Å²) in [5.41, 5.74) is 3.72. The van der Waals surface area contributed by atoms with Crippen molar-refractivity contribution in [3.05, 3.63) is 65.0 Å². The fourth-order valence-corrected chi connectivity index (χ4v) is 3.31. The van der Waals surface area contributed by atoms with Gasteiger partial charge in [0.25, 0.3) is 11.8 Å². The molecule has 0 bridgehead atoms. The van der Waals surface area contributed by atoms with Crippen LogP contribution in [0, 0.1) is 0 Å². The lowest BCUT2D eigenvalue weighted by Gasteiger charge is -2.08. The number of hydrogen-bond donors (Lipinski definition) is 2. The molecule has 0 aliphatic carbocycles. The summed E-state index contributed by atoms with van der Waals surface area (Å²) in [6.45, 7) is -0.182. The second-order valence-electron chi connectivity index (χ2n) is 5.36. The highest BCUT2D eigenvalue weighted by Crippen LogP contribution is 2.24. The molecule has 0 atom stereocenters. The summed E-state index contributed by atoms with van der Waals surface area (Å²) in [4.78, 5) is 24.0. The quantitative estimate of drug-likeness (QED) is 0.519. The Morgan fingerprint density at radius 2 is 1.92 bits per heavy atom. The predicted molar refractivity (Wildman–Crippen MR) is 103 cm³/mol. The topological polar surface area (TPSA) is 79.8 Å². The van der Waals surface area contributed by atoms with E-state index in [1.165, 1.54) is 7.11 Å². The molecule has 2 aromatic carbocycles. The van der Waals surface area contributed by atoms with Crippen LogP contribution < -0.4 is 15.5 Å². The van der Waals surface area contributed by atoms with Crippen molar-refractivity contribution in [3.63, 3.8) is 0 Å². The molecule has 26 heavy (non-hydrogen) atoms. The van der Waals surface area contributed by atoms with Crippen LogP contribution in [-0.2, 0) is 4.79 Å². The molecule has 6 nitrogen and oxygen atoms in total. The van der Waals surface area contributed by atoms with E-state index in [9.17, 15) is 9.59 Å². The second-order valence-corrected chi connectivity index (χ2v) is 6.27. The number of nitrogens with zero attached hydrogens (tertiary/aromatic N) is 1. The molecule has 0 saturated heterocycles. The van der Waals surface area contributed by atoms with Gasteiger partial charge in [0, 0.05) is 21.0 Å². The third-order valence-corrected chi connectivity index (χ3v) is 4.65. The van der Waals surface area contributed by atoms with Crippen LogP contribution in [0.4, 0.5) is 0 Å². The van der Waals surface area contributed by atoms with E-state index in [4.69, 9.17) is 4.74 Å². The van der Waals surface area contributed by atoms with Crippen molar-refractivity contribution in [3.8, 4) is 5.75 Å². The summed E-state index contributed by atoms with van der Waals surface area (Å²) in [5.74, 6) is -0.345. The number of nitrogens with one attached hydrogen (secondary N) is 2. The van der Waals surface area contributed by atoms with Crippen LogP contribution in [-0.4, -0.2) is 31.7 Å². The number of methoxy groups -OCH3 is 1. The lowest BCUT2D eigenvalue weighted by Crippen LogP contribution is -2.35. The molecule has 0 aliphatic rings. The van der Waals surface area contributed by atoms with Crippen LogP contribution in [0.3, 0.4) is 0 Å². The number of rotatable bonds is 6. The van der Waals surface area contributed by atoms with Gasteiger partial charge in [0.2, 0.25) is 0 Å². The first-order chi connectivity index (χ1) is 12.7. The third kappa shape index (κ3) is 4.07. The Balaban J connectivity index is 1.53. The monoisotopic (exact) mass is 367 g/mol. The first kappa shape index (κ1) is 17.6. The average Bonchev–Trinajstić information content (AvgIpc) is 3.09. The smallest absolute Gasteiger partial charge is 0.259 e. The highest BCUT2D eigenvalue weighted by Gasteiger charge is 2.12. The molecule has 1 heterocycles. The van der Waals surface area contributed by atoms with Crippen molar-refractivity contribution in [2.75, 3.05) is 13.7 Å². The minimum absolute atomic E-state index is 0.182. The molecule has 7 heteroatoms. The van der Waals surface area contributed by atoms with E-state index >= 15 is 0 Å². The molecule has 132 valence electrons. The van der Waals surface area contributed by atoms with Gasteiger partial charge in [0.15, 0.2) is 0 Å². The minimum atomic E-state index is -0.413. The Kier molecular flexibility index (Phi) is 5.60. The molecule has 0 spiro atoms. The summed E-state index contributed by atoms with van der Waals surface area (Å²) < 4.78 is 6.29. The first-order valence-electron chi connectivity index (χ1n) is 7.88. The average molecular weight is 367 g/mol. The van der Waals surface area contributed by atoms with Gasteiger partial charge in [-0.1, -0.05) is 30.3 Å². The fourth-order valence-electron chi connectivity index (χ4n) is 2.40. The van der Waals surface area contributed by atoms with E-state index < -0.39 is 5.91 Å². The van der Waals surface area contributed by atoms with Gasteiger partial charge in [-0.3, -0.25) is 9.59 Å². The Morgan fingerprint density at radius 1 is 1.15 bits per heavy atom. The van der Waals surface area contributed by atoms with Gasteiger partial charge in [-0.15, -0.1) is 11.3 Å². The van der Waals surface area contributed by atoms with Gasteiger partial charge in [0.05, 0.1) is 25.4 Å². The fraction of sp³-hybridized carbons (Fsp3) is 0.105. The SMILES string of the molecule is COc1ccccc1C(=O)NCC(=O)N/N=C/c1csc2ccccc12. The summed E-state index contributed by atoms with van der Waals surface area (Å²) in [6, 6.07) is 14.8. The molecule has 0 fully saturated rings. The van der Waals surface area contributed by atoms with Gasteiger partial charge in [-0.25, -0.2) is 5.43 Å². The van der Waals surface area contributed by atoms with E-state index in [2.05, 4.69) is 15.8 Å². The maximum Gasteiger partial charge on any atom is 0.259 e. The zero-order valence-electron chi connectivity index (χ0n) is 14.1. The summed E-state index contributed by atoms with van der Waals surface area (Å²) in [6.07, 6.45) is 1.60. The predicted octanol–water partition coefficient (Wildman–Crippen LogP) is 2.79. The van der Waals surface area contributed by atoms with E-state index in [0.717, 1.165) is 15.6 Å². The van der Waals surface area contributed by atoms with E-state index in [1.807, 2.05) is 29.6 Å². The summed E-state index contributed by atoms with van der Waals surface area (Å²) in [7, 11) is 1.49. The standard InChI is InChI=1S/C19H17N3O3S/c1-25-16-8-4-2-7-15(16)19(24)20-11-18(23)22-21-10-13-12-26-17-9-5-3-6-14(13)17/h2-10,12H,11H2,1H3,(H,20,24)(H,22,23)/b21-10+. The Morgan fingerprint density at radius 3 is 2.77 bits per heavy atom. The lowest BCUT2D eigenvalue weighted by molar-refractivity contribution is -0.120. The molecule has 1 aromatic heterocycles. The number of hydrazone groups is 1. The molecule has 0 saturated carbocycles. The zero-order valence-corrected chi connectivity index (χ0v) is 14.9. The van der Waals surface area contributed by atoms with E-state index in [-0.39, 0.29) is 12.5 Å². The third-order valence-electron chi connectivity index (χ3n) is 3.66. The van der Waals surface area contributed by atoms with Gasteiger partial charge in [0.1, 0.15) is 5.75 Å². The molecule has 3 rings (SSSR count). The van der Waals surface area contributed by atoms with Crippen LogP contribution in [0.2, 0.25) is 0 Å². The minimum Gasteiger partial charge on any atom is -0.496 e. The summed E-state index contributed by atoms with van der Waals surface area (Å²) >= 11 is 1.62. The molecule has 3 aromatic rings. The largest absolute Gasteiger partial charge is 0.496 e. The van der Waals surface area contributed by atoms with Crippen LogP contribution in [0.1, 0.15) is 15.9 Å². The lowest BCUT2D eigenvalue weighted by atomic mass is 10.2. The van der Waals surface area contributed by atoms with E-state index in [0.29, 0.717) is 11.3 Å². The molecule has 0 aliphatic heterocycles. The Bertz CT molecular complexity index is 965. The molecule has 2 N–H and O–H groups in total. The first-order valence-corrected chi connectivity index (χ1v) is 8.76. The van der Waals surface area contributed by atoms with Crippen molar-refractivity contribution < 1.29 is 14.3 Å². The number of amides is 2. The number of fused-ring (bicyclic) bond motifs is 1. The molecule has 0 unspecified atom stereocenters. The van der Waals surface area contributed by atoms with Crippen LogP contribution in [0.5, 0.6) is 5.75 Å². The van der Waals surface area contributed by atoms with Crippen molar-refractivity contribution in [2.45, 2.75) is 0 Å². The molecular weight excluding hydrogens is 350 g/mol. The van der Waals surface area contributed by atoms with Gasteiger partial charge in [-0.05, 0) is 18.2 Å². The maximum atomic E-state index is 12.1. The molecule has 0 radical (unpaired) electrons. The van der Waals surface area contributed by atoms with Gasteiger partial charge in [-0.2, -0.15) is 5.10 Å². The highest BCUT2D eigenvalue weighted by molar-refractivity contribution is 7.17.